The number of carbonyl (C=O) groups is 2. The molecular weight excluding hydrogens is 228 g/mol. The fourth-order valence-electron chi connectivity index (χ4n) is 1.37. The van der Waals surface area contributed by atoms with Gasteiger partial charge in [0.1, 0.15) is 6.04 Å². The number of nitrogens with two attached hydrogens (primary N) is 1. The third-order valence-electron chi connectivity index (χ3n) is 2.05. The largest absolute Gasteiger partial charge is 0.368 e. The van der Waals surface area contributed by atoms with E-state index in [1.165, 1.54) is 6.92 Å². The summed E-state index contributed by atoms with van der Waals surface area (Å²) in [4.78, 5) is 22.0. The van der Waals surface area contributed by atoms with Crippen molar-refractivity contribution < 1.29 is 9.59 Å². The minimum atomic E-state index is -0.698. The van der Waals surface area contributed by atoms with Crippen LogP contribution in [0.25, 0.3) is 0 Å². The van der Waals surface area contributed by atoms with E-state index < -0.39 is 11.9 Å². The Morgan fingerprint density at radius 1 is 1.50 bits per heavy atom. The number of carbonyl (C=O) groups excluding carboxylic acids is 2. The van der Waals surface area contributed by atoms with Crippen molar-refractivity contribution in [3.8, 4) is 0 Å². The lowest BCUT2D eigenvalue weighted by Crippen LogP contribution is -2.44. The van der Waals surface area contributed by atoms with E-state index in [4.69, 9.17) is 17.3 Å². The Morgan fingerprint density at radius 3 is 2.69 bits per heavy atom. The normalized spacial score (nSPS) is 11.9. The van der Waals surface area contributed by atoms with E-state index in [0.29, 0.717) is 11.4 Å². The number of nitrogens with one attached hydrogen (secondary N) is 1. The van der Waals surface area contributed by atoms with E-state index in [-0.39, 0.29) is 5.91 Å². The second-order valence-electron chi connectivity index (χ2n) is 3.49. The molecule has 0 aromatic heterocycles. The number of amides is 2. The zero-order chi connectivity index (χ0) is 12.1. The van der Waals surface area contributed by atoms with Gasteiger partial charge in [0.25, 0.3) is 0 Å². The van der Waals surface area contributed by atoms with Gasteiger partial charge in [-0.15, -0.1) is 0 Å². The number of hydrogen-bond donors (Lipinski definition) is 2. The monoisotopic (exact) mass is 240 g/mol. The molecule has 0 spiro atoms. The van der Waals surface area contributed by atoms with Gasteiger partial charge in [-0.25, -0.2) is 0 Å². The highest BCUT2D eigenvalue weighted by atomic mass is 35.5. The van der Waals surface area contributed by atoms with Crippen LogP contribution in [0.1, 0.15) is 12.5 Å². The summed E-state index contributed by atoms with van der Waals surface area (Å²) in [5.74, 6) is -0.846. The highest BCUT2D eigenvalue weighted by Crippen LogP contribution is 2.12. The molecule has 0 saturated carbocycles. The average Bonchev–Trinajstić information content (AvgIpc) is 2.15. The smallest absolute Gasteiger partial charge is 0.240 e. The Kier molecular flexibility index (Phi) is 4.31. The Hall–Kier alpha value is -1.55. The maximum absolute atomic E-state index is 11.1. The molecule has 86 valence electrons. The van der Waals surface area contributed by atoms with E-state index in [1.807, 2.05) is 6.07 Å². The molecule has 5 heteroatoms. The number of benzene rings is 1. The quantitative estimate of drug-likeness (QED) is 0.820. The van der Waals surface area contributed by atoms with Crippen molar-refractivity contribution in [3.05, 3.63) is 34.9 Å². The van der Waals surface area contributed by atoms with Crippen molar-refractivity contribution in [2.45, 2.75) is 19.4 Å². The van der Waals surface area contributed by atoms with Gasteiger partial charge in [-0.2, -0.15) is 0 Å². The molecule has 16 heavy (non-hydrogen) atoms. The molecular formula is C11H13ClN2O2. The van der Waals surface area contributed by atoms with Gasteiger partial charge in [-0.05, 0) is 17.7 Å². The van der Waals surface area contributed by atoms with Crippen molar-refractivity contribution in [3.63, 3.8) is 0 Å². The van der Waals surface area contributed by atoms with Crippen molar-refractivity contribution in [2.24, 2.45) is 5.73 Å². The molecule has 1 atom stereocenters. The molecule has 0 heterocycles. The summed E-state index contributed by atoms with van der Waals surface area (Å²) in [5.41, 5.74) is 6.04. The SMILES string of the molecule is CC(=O)N[C@@H](Cc1cccc(Cl)c1)C(N)=O. The molecule has 0 fully saturated rings. The van der Waals surface area contributed by atoms with Crippen LogP contribution in [0.3, 0.4) is 0 Å². The van der Waals surface area contributed by atoms with Crippen LogP contribution in [-0.4, -0.2) is 17.9 Å². The fourth-order valence-corrected chi connectivity index (χ4v) is 1.58. The van der Waals surface area contributed by atoms with Gasteiger partial charge in [-0.3, -0.25) is 9.59 Å². The lowest BCUT2D eigenvalue weighted by Gasteiger charge is -2.14. The van der Waals surface area contributed by atoms with E-state index >= 15 is 0 Å². The number of halogens is 1. The van der Waals surface area contributed by atoms with Gasteiger partial charge < -0.3 is 11.1 Å². The van der Waals surface area contributed by atoms with Gasteiger partial charge in [0, 0.05) is 18.4 Å². The summed E-state index contributed by atoms with van der Waals surface area (Å²) in [6.07, 6.45) is 0.343. The van der Waals surface area contributed by atoms with Gasteiger partial charge in [0.2, 0.25) is 11.8 Å². The molecule has 1 aromatic rings. The molecule has 0 bridgehead atoms. The molecule has 0 radical (unpaired) electrons. The standard InChI is InChI=1S/C11H13ClN2O2/c1-7(15)14-10(11(13)16)6-8-3-2-4-9(12)5-8/h2-5,10H,6H2,1H3,(H2,13,16)(H,14,15)/t10-/m0/s1. The number of primary amides is 1. The molecule has 1 rings (SSSR count). The van der Waals surface area contributed by atoms with Crippen LogP contribution in [-0.2, 0) is 16.0 Å². The molecule has 2 amide bonds. The Bertz CT molecular complexity index is 407. The maximum atomic E-state index is 11.1. The number of rotatable bonds is 4. The Balaban J connectivity index is 2.75. The molecule has 0 unspecified atom stereocenters. The molecule has 0 aliphatic carbocycles. The molecule has 4 nitrogen and oxygen atoms in total. The summed E-state index contributed by atoms with van der Waals surface area (Å²) in [5, 5.41) is 3.08. The van der Waals surface area contributed by atoms with Crippen molar-refractivity contribution in [2.75, 3.05) is 0 Å². The first-order chi connectivity index (χ1) is 7.49. The van der Waals surface area contributed by atoms with Crippen LogP contribution in [0, 0.1) is 0 Å². The van der Waals surface area contributed by atoms with Crippen LogP contribution in [0.2, 0.25) is 5.02 Å². The van der Waals surface area contributed by atoms with Crippen LogP contribution in [0.5, 0.6) is 0 Å². The first-order valence-electron chi connectivity index (χ1n) is 4.80. The summed E-state index contributed by atoms with van der Waals surface area (Å²) in [6, 6.07) is 6.38. The Morgan fingerprint density at radius 2 is 2.19 bits per heavy atom. The topological polar surface area (TPSA) is 72.2 Å². The van der Waals surface area contributed by atoms with Gasteiger partial charge >= 0.3 is 0 Å². The molecule has 0 aliphatic rings. The zero-order valence-electron chi connectivity index (χ0n) is 8.87. The van der Waals surface area contributed by atoms with Gasteiger partial charge in [0.05, 0.1) is 0 Å². The molecule has 0 saturated heterocycles. The van der Waals surface area contributed by atoms with Crippen molar-refractivity contribution in [1.29, 1.82) is 0 Å². The zero-order valence-corrected chi connectivity index (χ0v) is 9.62. The first kappa shape index (κ1) is 12.5. The first-order valence-corrected chi connectivity index (χ1v) is 5.17. The van der Waals surface area contributed by atoms with Crippen LogP contribution >= 0.6 is 11.6 Å². The minimum Gasteiger partial charge on any atom is -0.368 e. The number of hydrogen-bond acceptors (Lipinski definition) is 2. The van der Waals surface area contributed by atoms with E-state index in [2.05, 4.69) is 5.32 Å². The third-order valence-corrected chi connectivity index (χ3v) is 2.28. The van der Waals surface area contributed by atoms with E-state index in [0.717, 1.165) is 5.56 Å². The molecule has 0 aliphatic heterocycles. The summed E-state index contributed by atoms with van der Waals surface area (Å²) in [6.45, 7) is 1.34. The molecule has 3 N–H and O–H groups in total. The Labute approximate surface area is 98.8 Å². The van der Waals surface area contributed by atoms with Gasteiger partial charge in [0.15, 0.2) is 0 Å². The van der Waals surface area contributed by atoms with Crippen molar-refractivity contribution in [1.82, 2.24) is 5.32 Å². The van der Waals surface area contributed by atoms with Gasteiger partial charge in [-0.1, -0.05) is 23.7 Å². The van der Waals surface area contributed by atoms with Crippen LogP contribution in [0.4, 0.5) is 0 Å². The summed E-state index contributed by atoms with van der Waals surface area (Å²) >= 11 is 5.81. The highest BCUT2D eigenvalue weighted by molar-refractivity contribution is 6.30. The highest BCUT2D eigenvalue weighted by Gasteiger charge is 2.16. The van der Waals surface area contributed by atoms with E-state index in [1.54, 1.807) is 18.2 Å². The van der Waals surface area contributed by atoms with Crippen molar-refractivity contribution >= 4 is 23.4 Å². The lowest BCUT2D eigenvalue weighted by atomic mass is 10.1. The maximum Gasteiger partial charge on any atom is 0.240 e. The predicted octanol–water partition coefficient (Wildman–Crippen LogP) is 0.873. The van der Waals surface area contributed by atoms with Crippen LogP contribution in [0.15, 0.2) is 24.3 Å². The summed E-state index contributed by atoms with van der Waals surface area (Å²) < 4.78 is 0. The average molecular weight is 241 g/mol. The third kappa shape index (κ3) is 3.90. The minimum absolute atomic E-state index is 0.286. The fraction of sp³-hybridized carbons (Fsp3) is 0.273. The van der Waals surface area contributed by atoms with E-state index in [9.17, 15) is 9.59 Å². The van der Waals surface area contributed by atoms with Crippen LogP contribution < -0.4 is 11.1 Å². The second-order valence-corrected chi connectivity index (χ2v) is 3.93. The lowest BCUT2D eigenvalue weighted by molar-refractivity contribution is -0.126. The molecule has 1 aromatic carbocycles. The second kappa shape index (κ2) is 5.51. The summed E-state index contributed by atoms with van der Waals surface area (Å²) in [7, 11) is 0. The predicted molar refractivity (Wildman–Crippen MR) is 62.0 cm³/mol.